The summed E-state index contributed by atoms with van der Waals surface area (Å²) in [6.45, 7) is 3.06. The van der Waals surface area contributed by atoms with E-state index in [1.807, 2.05) is 25.1 Å². The van der Waals surface area contributed by atoms with Crippen LogP contribution in [0.15, 0.2) is 24.4 Å². The van der Waals surface area contributed by atoms with Gasteiger partial charge in [-0.2, -0.15) is 4.98 Å². The first-order valence-corrected chi connectivity index (χ1v) is 9.80. The van der Waals surface area contributed by atoms with Crippen LogP contribution in [-0.4, -0.2) is 27.5 Å². The van der Waals surface area contributed by atoms with Crippen LogP contribution in [0.2, 0.25) is 5.02 Å². The number of hydrogen-bond donors (Lipinski definition) is 3. The molecule has 1 fully saturated rings. The van der Waals surface area contributed by atoms with Crippen LogP contribution in [0.3, 0.4) is 0 Å². The fourth-order valence-electron chi connectivity index (χ4n) is 3.38. The Morgan fingerprint density at radius 2 is 2.04 bits per heavy atom. The Morgan fingerprint density at radius 3 is 2.75 bits per heavy atom. The molecule has 1 aromatic carbocycles. The maximum absolute atomic E-state index is 11.3. The Kier molecular flexibility index (Phi) is 6.64. The van der Waals surface area contributed by atoms with E-state index in [1.54, 1.807) is 0 Å². The van der Waals surface area contributed by atoms with Gasteiger partial charge >= 0.3 is 5.69 Å². The molecule has 0 amide bonds. The zero-order chi connectivity index (χ0) is 20.1. The predicted molar refractivity (Wildman–Crippen MR) is 111 cm³/mol. The summed E-state index contributed by atoms with van der Waals surface area (Å²) in [7, 11) is 0. The molecule has 1 heterocycles. The topological polar surface area (TPSA) is 119 Å². The summed E-state index contributed by atoms with van der Waals surface area (Å²) in [5.74, 6) is 1.01. The minimum Gasteiger partial charge on any atom is -0.364 e. The second kappa shape index (κ2) is 9.16. The molecule has 150 valence electrons. The van der Waals surface area contributed by atoms with Gasteiger partial charge in [0.05, 0.1) is 4.92 Å². The van der Waals surface area contributed by atoms with Crippen LogP contribution in [-0.2, 0) is 6.54 Å². The van der Waals surface area contributed by atoms with E-state index in [4.69, 9.17) is 17.3 Å². The van der Waals surface area contributed by atoms with E-state index in [9.17, 15) is 10.1 Å². The summed E-state index contributed by atoms with van der Waals surface area (Å²) < 4.78 is 0. The predicted octanol–water partition coefficient (Wildman–Crippen LogP) is 3.89. The van der Waals surface area contributed by atoms with Crippen molar-refractivity contribution in [1.29, 1.82) is 0 Å². The molecule has 1 aromatic heterocycles. The molecule has 8 nitrogen and oxygen atoms in total. The van der Waals surface area contributed by atoms with Gasteiger partial charge in [-0.1, -0.05) is 23.7 Å². The number of benzene rings is 1. The lowest BCUT2D eigenvalue weighted by molar-refractivity contribution is -0.384. The van der Waals surface area contributed by atoms with Crippen molar-refractivity contribution in [3.05, 3.63) is 50.7 Å². The summed E-state index contributed by atoms with van der Waals surface area (Å²) >= 11 is 6.15. The lowest BCUT2D eigenvalue weighted by Gasteiger charge is -2.26. The molecule has 3 rings (SSSR count). The molecule has 4 N–H and O–H groups in total. The van der Waals surface area contributed by atoms with Crippen LogP contribution in [0, 0.1) is 23.0 Å². The first kappa shape index (κ1) is 20.3. The van der Waals surface area contributed by atoms with E-state index in [1.165, 1.54) is 6.20 Å². The van der Waals surface area contributed by atoms with Gasteiger partial charge in [0, 0.05) is 24.2 Å². The van der Waals surface area contributed by atoms with Gasteiger partial charge in [-0.05, 0) is 55.7 Å². The maximum atomic E-state index is 11.3. The normalized spacial score (nSPS) is 19.2. The average molecular weight is 405 g/mol. The number of nitrogens with two attached hydrogens (primary N) is 1. The van der Waals surface area contributed by atoms with Crippen LogP contribution in [0.4, 0.5) is 17.5 Å². The molecule has 0 saturated heterocycles. The van der Waals surface area contributed by atoms with Gasteiger partial charge in [0.25, 0.3) is 0 Å². The van der Waals surface area contributed by atoms with Crippen molar-refractivity contribution in [2.24, 2.45) is 11.7 Å². The van der Waals surface area contributed by atoms with Crippen molar-refractivity contribution in [2.45, 2.75) is 45.2 Å². The second-order valence-corrected chi connectivity index (χ2v) is 7.63. The van der Waals surface area contributed by atoms with Crippen LogP contribution in [0.5, 0.6) is 0 Å². The maximum Gasteiger partial charge on any atom is 0.329 e. The highest BCUT2D eigenvalue weighted by Crippen LogP contribution is 2.27. The number of aromatic nitrogens is 2. The quantitative estimate of drug-likeness (QED) is 0.473. The van der Waals surface area contributed by atoms with E-state index in [0.717, 1.165) is 36.8 Å². The third-order valence-corrected chi connectivity index (χ3v) is 5.64. The van der Waals surface area contributed by atoms with Crippen molar-refractivity contribution in [3.8, 4) is 0 Å². The lowest BCUT2D eigenvalue weighted by Crippen LogP contribution is -2.29. The third kappa shape index (κ3) is 5.08. The van der Waals surface area contributed by atoms with E-state index < -0.39 is 4.92 Å². The number of nitro groups is 1. The van der Waals surface area contributed by atoms with Gasteiger partial charge in [0.1, 0.15) is 6.20 Å². The van der Waals surface area contributed by atoms with E-state index in [2.05, 4.69) is 20.6 Å². The molecular weight excluding hydrogens is 380 g/mol. The fourth-order valence-corrected chi connectivity index (χ4v) is 3.57. The van der Waals surface area contributed by atoms with Gasteiger partial charge in [-0.25, -0.2) is 4.98 Å². The molecule has 9 heteroatoms. The Hall–Kier alpha value is -2.45. The Balaban J connectivity index is 1.68. The lowest BCUT2D eigenvalue weighted by atomic mass is 9.86. The molecule has 1 aliphatic carbocycles. The second-order valence-electron chi connectivity index (χ2n) is 7.22. The number of nitrogens with zero attached hydrogens (tertiary/aromatic N) is 3. The molecule has 0 spiro atoms. The molecule has 1 aliphatic rings. The van der Waals surface area contributed by atoms with E-state index in [0.29, 0.717) is 30.0 Å². The number of halogens is 1. The summed E-state index contributed by atoms with van der Waals surface area (Å²) in [5.41, 5.74) is 7.81. The number of rotatable bonds is 7. The first-order valence-electron chi connectivity index (χ1n) is 9.42. The number of hydrogen-bond acceptors (Lipinski definition) is 7. The van der Waals surface area contributed by atoms with Crippen LogP contribution in [0.1, 0.15) is 36.8 Å². The minimum atomic E-state index is -0.468. The highest BCUT2D eigenvalue weighted by atomic mass is 35.5. The third-order valence-electron chi connectivity index (χ3n) is 5.23. The SMILES string of the molecule is Cc1c(Cl)cccc1CNc1ncc([N+](=O)[O-])c(NCC2CCC(N)CC2)n1. The molecule has 2 aromatic rings. The van der Waals surface area contributed by atoms with Crippen LogP contribution in [0.25, 0.3) is 0 Å². The van der Waals surface area contributed by atoms with E-state index in [-0.39, 0.29) is 17.5 Å². The zero-order valence-corrected chi connectivity index (χ0v) is 16.6. The van der Waals surface area contributed by atoms with Crippen molar-refractivity contribution in [2.75, 3.05) is 17.2 Å². The van der Waals surface area contributed by atoms with Gasteiger partial charge in [-0.3, -0.25) is 10.1 Å². The Bertz CT molecular complexity index is 839. The number of nitrogens with one attached hydrogen (secondary N) is 2. The molecular formula is C19H25ClN6O2. The average Bonchev–Trinajstić information content (AvgIpc) is 2.68. The molecule has 0 atom stereocenters. The van der Waals surface area contributed by atoms with Gasteiger partial charge in [0.15, 0.2) is 0 Å². The fraction of sp³-hybridized carbons (Fsp3) is 0.474. The smallest absolute Gasteiger partial charge is 0.329 e. The molecule has 0 bridgehead atoms. The van der Waals surface area contributed by atoms with Gasteiger partial charge in [-0.15, -0.1) is 0 Å². The molecule has 0 unspecified atom stereocenters. The van der Waals surface area contributed by atoms with Crippen molar-refractivity contribution in [1.82, 2.24) is 9.97 Å². The highest BCUT2D eigenvalue weighted by molar-refractivity contribution is 6.31. The van der Waals surface area contributed by atoms with Crippen molar-refractivity contribution in [3.63, 3.8) is 0 Å². The standard InChI is InChI=1S/C19H25ClN6O2/c1-12-14(3-2-4-16(12)20)10-23-19-24-11-17(26(27)28)18(25-19)22-9-13-5-7-15(21)8-6-13/h2-4,11,13,15H,5-10,21H2,1H3,(H2,22,23,24,25). The zero-order valence-electron chi connectivity index (χ0n) is 15.8. The monoisotopic (exact) mass is 404 g/mol. The van der Waals surface area contributed by atoms with Crippen LogP contribution >= 0.6 is 11.6 Å². The van der Waals surface area contributed by atoms with Gasteiger partial charge < -0.3 is 16.4 Å². The van der Waals surface area contributed by atoms with Crippen LogP contribution < -0.4 is 16.4 Å². The Labute approximate surface area is 169 Å². The van der Waals surface area contributed by atoms with Crippen molar-refractivity contribution >= 4 is 29.1 Å². The summed E-state index contributed by atoms with van der Waals surface area (Å²) in [4.78, 5) is 19.3. The Morgan fingerprint density at radius 1 is 1.29 bits per heavy atom. The molecule has 0 aliphatic heterocycles. The molecule has 28 heavy (non-hydrogen) atoms. The summed E-state index contributed by atoms with van der Waals surface area (Å²) in [6, 6.07) is 5.96. The summed E-state index contributed by atoms with van der Waals surface area (Å²) in [5, 5.41) is 18.3. The summed E-state index contributed by atoms with van der Waals surface area (Å²) in [6.07, 6.45) is 5.26. The minimum absolute atomic E-state index is 0.128. The van der Waals surface area contributed by atoms with Crippen molar-refractivity contribution < 1.29 is 4.92 Å². The highest BCUT2D eigenvalue weighted by Gasteiger charge is 2.21. The van der Waals surface area contributed by atoms with Gasteiger partial charge in [0.2, 0.25) is 11.8 Å². The largest absolute Gasteiger partial charge is 0.364 e. The molecule has 1 saturated carbocycles. The number of anilines is 2. The first-order chi connectivity index (χ1) is 13.4. The van der Waals surface area contributed by atoms with E-state index >= 15 is 0 Å². The molecule has 0 radical (unpaired) electrons.